The largest absolute Gasteiger partial charge is 0.493 e. The van der Waals surface area contributed by atoms with Crippen molar-refractivity contribution in [3.05, 3.63) is 34.1 Å². The first-order valence-electron chi connectivity index (χ1n) is 8.67. The average molecular weight is 360 g/mol. The van der Waals surface area contributed by atoms with Crippen molar-refractivity contribution in [2.75, 3.05) is 27.4 Å². The van der Waals surface area contributed by atoms with Gasteiger partial charge in [0.25, 0.3) is 5.56 Å². The van der Waals surface area contributed by atoms with Crippen LogP contribution in [0.15, 0.2) is 23.0 Å². The number of rotatable bonds is 6. The summed E-state index contributed by atoms with van der Waals surface area (Å²) in [5.74, 6) is 1.06. The van der Waals surface area contributed by atoms with E-state index in [1.54, 1.807) is 31.3 Å². The second kappa shape index (κ2) is 7.78. The second-order valence-corrected chi connectivity index (χ2v) is 6.45. The third-order valence-electron chi connectivity index (χ3n) is 4.68. The van der Waals surface area contributed by atoms with Crippen molar-refractivity contribution in [1.29, 1.82) is 0 Å². The average Bonchev–Trinajstić information content (AvgIpc) is 3.13. The molecule has 0 radical (unpaired) electrons. The van der Waals surface area contributed by atoms with E-state index in [0.717, 1.165) is 24.8 Å². The van der Waals surface area contributed by atoms with Gasteiger partial charge in [-0.1, -0.05) is 0 Å². The molecule has 140 valence electrons. The van der Waals surface area contributed by atoms with Crippen molar-refractivity contribution in [1.82, 2.24) is 9.88 Å². The normalized spacial score (nSPS) is 16.7. The predicted molar refractivity (Wildman–Crippen MR) is 97.7 cm³/mol. The van der Waals surface area contributed by atoms with Crippen molar-refractivity contribution < 1.29 is 19.0 Å². The quantitative estimate of drug-likeness (QED) is 0.853. The number of hydrogen-bond acceptors (Lipinski definition) is 5. The van der Waals surface area contributed by atoms with Crippen molar-refractivity contribution in [2.24, 2.45) is 0 Å². The van der Waals surface area contributed by atoms with Crippen LogP contribution in [0.2, 0.25) is 0 Å². The van der Waals surface area contributed by atoms with E-state index in [1.807, 2.05) is 6.07 Å². The summed E-state index contributed by atoms with van der Waals surface area (Å²) < 4.78 is 16.2. The van der Waals surface area contributed by atoms with Crippen molar-refractivity contribution in [3.63, 3.8) is 0 Å². The molecule has 0 bridgehead atoms. The number of aromatic nitrogens is 1. The lowest BCUT2D eigenvalue weighted by molar-refractivity contribution is -0.131. The molecular weight excluding hydrogens is 336 g/mol. The molecule has 1 aromatic carbocycles. The molecule has 26 heavy (non-hydrogen) atoms. The van der Waals surface area contributed by atoms with Crippen molar-refractivity contribution in [3.8, 4) is 11.5 Å². The molecule has 3 rings (SSSR count). The van der Waals surface area contributed by atoms with Crippen LogP contribution in [0, 0.1) is 0 Å². The number of pyridine rings is 1. The number of amides is 1. The summed E-state index contributed by atoms with van der Waals surface area (Å²) in [7, 11) is 3.11. The Morgan fingerprint density at radius 2 is 2.00 bits per heavy atom. The number of methoxy groups -OCH3 is 2. The van der Waals surface area contributed by atoms with Gasteiger partial charge in [-0.3, -0.25) is 9.59 Å². The van der Waals surface area contributed by atoms with E-state index in [4.69, 9.17) is 14.2 Å². The lowest BCUT2D eigenvalue weighted by Gasteiger charge is -2.24. The number of nitrogens with zero attached hydrogens (tertiary/aromatic N) is 1. The van der Waals surface area contributed by atoms with Crippen molar-refractivity contribution >= 4 is 16.8 Å². The Hall–Kier alpha value is -2.54. The number of fused-ring (bicyclic) bond motifs is 1. The Bertz CT molecular complexity index is 855. The van der Waals surface area contributed by atoms with Crippen LogP contribution in [0.25, 0.3) is 10.9 Å². The van der Waals surface area contributed by atoms with Gasteiger partial charge in [-0.2, -0.15) is 0 Å². The zero-order valence-electron chi connectivity index (χ0n) is 15.3. The SMILES string of the molecule is COc1cc2cc(CN(C[C@H]3CCCO3)C(C)=O)c(=O)[nH]c2cc1OC. The zero-order valence-corrected chi connectivity index (χ0v) is 15.3. The monoisotopic (exact) mass is 360 g/mol. The Kier molecular flexibility index (Phi) is 5.46. The number of aromatic amines is 1. The Morgan fingerprint density at radius 3 is 2.62 bits per heavy atom. The molecule has 1 amide bonds. The molecule has 2 aromatic rings. The molecule has 7 nitrogen and oxygen atoms in total. The molecule has 0 saturated carbocycles. The van der Waals surface area contributed by atoms with E-state index in [-0.39, 0.29) is 24.1 Å². The van der Waals surface area contributed by atoms with Gasteiger partial charge in [0.05, 0.1) is 32.4 Å². The summed E-state index contributed by atoms with van der Waals surface area (Å²) in [5.41, 5.74) is 0.964. The molecule has 0 spiro atoms. The third-order valence-corrected chi connectivity index (χ3v) is 4.68. The maximum absolute atomic E-state index is 12.5. The summed E-state index contributed by atoms with van der Waals surface area (Å²) in [6.45, 7) is 2.99. The summed E-state index contributed by atoms with van der Waals surface area (Å²) >= 11 is 0. The first-order chi connectivity index (χ1) is 12.5. The first-order valence-corrected chi connectivity index (χ1v) is 8.67. The smallest absolute Gasteiger partial charge is 0.253 e. The minimum absolute atomic E-state index is 0.0443. The standard InChI is InChI=1S/C19H24N2O5/c1-12(22)21(11-15-5-4-6-26-15)10-14-7-13-8-17(24-2)18(25-3)9-16(13)20-19(14)23/h7-9,15H,4-6,10-11H2,1-3H3,(H,20,23)/t15-/m1/s1. The Morgan fingerprint density at radius 1 is 1.27 bits per heavy atom. The van der Waals surface area contributed by atoms with Gasteiger partial charge < -0.3 is 24.1 Å². The molecule has 2 heterocycles. The fraction of sp³-hybridized carbons (Fsp3) is 0.474. The maximum atomic E-state index is 12.5. The van der Waals surface area contributed by atoms with Crippen LogP contribution in [-0.2, 0) is 16.1 Å². The first kappa shape index (κ1) is 18.3. The number of carbonyl (C=O) groups is 1. The number of H-pyrrole nitrogens is 1. The number of carbonyl (C=O) groups excluding carboxylic acids is 1. The fourth-order valence-corrected chi connectivity index (χ4v) is 3.24. The molecule has 1 atom stereocenters. The van der Waals surface area contributed by atoms with Crippen LogP contribution in [0.4, 0.5) is 0 Å². The van der Waals surface area contributed by atoms with E-state index in [0.29, 0.717) is 29.1 Å². The van der Waals surface area contributed by atoms with Crippen LogP contribution in [-0.4, -0.2) is 49.3 Å². The van der Waals surface area contributed by atoms with Crippen LogP contribution in [0.1, 0.15) is 25.3 Å². The fourth-order valence-electron chi connectivity index (χ4n) is 3.24. The van der Waals surface area contributed by atoms with E-state index in [9.17, 15) is 9.59 Å². The number of hydrogen-bond donors (Lipinski definition) is 1. The number of ether oxygens (including phenoxy) is 3. The van der Waals surface area contributed by atoms with E-state index >= 15 is 0 Å². The zero-order chi connectivity index (χ0) is 18.7. The van der Waals surface area contributed by atoms with Crippen LogP contribution in [0.5, 0.6) is 11.5 Å². The molecule has 1 fully saturated rings. The topological polar surface area (TPSA) is 80.9 Å². The summed E-state index contributed by atoms with van der Waals surface area (Å²) in [6, 6.07) is 5.34. The lowest BCUT2D eigenvalue weighted by Crippen LogP contribution is -2.36. The molecule has 0 unspecified atom stereocenters. The molecule has 1 N–H and O–H groups in total. The van der Waals surface area contributed by atoms with Gasteiger partial charge in [-0.05, 0) is 25.0 Å². The van der Waals surface area contributed by atoms with Gasteiger partial charge in [0.2, 0.25) is 5.91 Å². The third kappa shape index (κ3) is 3.83. The van der Waals surface area contributed by atoms with Gasteiger partial charge in [-0.15, -0.1) is 0 Å². The second-order valence-electron chi connectivity index (χ2n) is 6.45. The highest BCUT2D eigenvalue weighted by Crippen LogP contribution is 2.31. The molecule has 1 aromatic heterocycles. The van der Waals surface area contributed by atoms with Gasteiger partial charge in [0.15, 0.2) is 11.5 Å². The van der Waals surface area contributed by atoms with Crippen LogP contribution >= 0.6 is 0 Å². The highest BCUT2D eigenvalue weighted by molar-refractivity contribution is 5.83. The minimum atomic E-state index is -0.219. The van der Waals surface area contributed by atoms with Gasteiger partial charge >= 0.3 is 0 Å². The van der Waals surface area contributed by atoms with Gasteiger partial charge in [0.1, 0.15) is 0 Å². The predicted octanol–water partition coefficient (Wildman–Crippen LogP) is 2.07. The number of benzene rings is 1. The Labute approximate surface area is 151 Å². The lowest BCUT2D eigenvalue weighted by atomic mass is 10.1. The summed E-state index contributed by atoms with van der Waals surface area (Å²) in [5, 5.41) is 0.817. The molecule has 0 aliphatic carbocycles. The maximum Gasteiger partial charge on any atom is 0.253 e. The van der Waals surface area contributed by atoms with E-state index < -0.39 is 0 Å². The molecule has 1 aliphatic heterocycles. The molecule has 1 saturated heterocycles. The number of nitrogens with one attached hydrogen (secondary N) is 1. The Balaban J connectivity index is 1.91. The van der Waals surface area contributed by atoms with E-state index in [2.05, 4.69) is 4.98 Å². The molecular formula is C19H24N2O5. The molecule has 7 heteroatoms. The minimum Gasteiger partial charge on any atom is -0.493 e. The van der Waals surface area contributed by atoms with Crippen molar-refractivity contribution in [2.45, 2.75) is 32.4 Å². The van der Waals surface area contributed by atoms with Crippen LogP contribution in [0.3, 0.4) is 0 Å². The summed E-state index contributed by atoms with van der Waals surface area (Å²) in [6.07, 6.45) is 1.99. The molecule has 1 aliphatic rings. The van der Waals surface area contributed by atoms with Crippen LogP contribution < -0.4 is 15.0 Å². The van der Waals surface area contributed by atoms with Gasteiger partial charge in [-0.25, -0.2) is 0 Å². The summed E-state index contributed by atoms with van der Waals surface area (Å²) in [4.78, 5) is 29.0. The highest BCUT2D eigenvalue weighted by atomic mass is 16.5. The highest BCUT2D eigenvalue weighted by Gasteiger charge is 2.22. The van der Waals surface area contributed by atoms with E-state index in [1.165, 1.54) is 6.92 Å². The van der Waals surface area contributed by atoms with Gasteiger partial charge in [0, 0.05) is 37.1 Å².